The lowest BCUT2D eigenvalue weighted by Crippen LogP contribution is -1.90. The summed E-state index contributed by atoms with van der Waals surface area (Å²) in [6.07, 6.45) is 4.41. The molecular weight excluding hydrogens is 148 g/mol. The number of rotatable bonds is 1. The SMILES string of the molecule is Cc1cc(C2CC2)cnc1C#N. The molecule has 12 heavy (non-hydrogen) atoms. The van der Waals surface area contributed by atoms with Crippen molar-refractivity contribution in [1.29, 1.82) is 5.26 Å². The highest BCUT2D eigenvalue weighted by molar-refractivity contribution is 5.34. The van der Waals surface area contributed by atoms with Crippen LogP contribution in [0.3, 0.4) is 0 Å². The van der Waals surface area contributed by atoms with Gasteiger partial charge < -0.3 is 0 Å². The molecule has 1 aromatic rings. The van der Waals surface area contributed by atoms with E-state index in [9.17, 15) is 0 Å². The lowest BCUT2D eigenvalue weighted by Gasteiger charge is -1.99. The van der Waals surface area contributed by atoms with Gasteiger partial charge in [-0.05, 0) is 36.8 Å². The molecule has 0 N–H and O–H groups in total. The maximum Gasteiger partial charge on any atom is 0.143 e. The van der Waals surface area contributed by atoms with E-state index in [1.54, 1.807) is 0 Å². The molecule has 1 aliphatic carbocycles. The first-order valence-electron chi connectivity index (χ1n) is 4.18. The molecule has 0 atom stereocenters. The first-order valence-corrected chi connectivity index (χ1v) is 4.18. The normalized spacial score (nSPS) is 15.7. The molecule has 0 aliphatic heterocycles. The molecule has 2 heteroatoms. The summed E-state index contributed by atoms with van der Waals surface area (Å²) in [7, 11) is 0. The standard InChI is InChI=1S/C10H10N2/c1-7-4-9(8-2-3-8)6-12-10(7)5-11/h4,6,8H,2-3H2,1H3. The van der Waals surface area contributed by atoms with Crippen LogP contribution in [0.5, 0.6) is 0 Å². The van der Waals surface area contributed by atoms with Gasteiger partial charge in [0.05, 0.1) is 0 Å². The minimum Gasteiger partial charge on any atom is -0.245 e. The van der Waals surface area contributed by atoms with Gasteiger partial charge in [-0.15, -0.1) is 0 Å². The molecular formula is C10H10N2. The van der Waals surface area contributed by atoms with Crippen LogP contribution in [0.15, 0.2) is 12.3 Å². The van der Waals surface area contributed by atoms with Crippen molar-refractivity contribution >= 4 is 0 Å². The van der Waals surface area contributed by atoms with Crippen LogP contribution < -0.4 is 0 Å². The molecule has 1 saturated carbocycles. The van der Waals surface area contributed by atoms with Crippen molar-refractivity contribution in [3.8, 4) is 6.07 Å². The topological polar surface area (TPSA) is 36.7 Å². The van der Waals surface area contributed by atoms with Gasteiger partial charge in [0.25, 0.3) is 0 Å². The molecule has 0 saturated heterocycles. The van der Waals surface area contributed by atoms with E-state index >= 15 is 0 Å². The summed E-state index contributed by atoms with van der Waals surface area (Å²) in [4.78, 5) is 4.10. The van der Waals surface area contributed by atoms with Crippen LogP contribution >= 0.6 is 0 Å². The Morgan fingerprint density at radius 1 is 1.58 bits per heavy atom. The highest BCUT2D eigenvalue weighted by atomic mass is 14.7. The molecule has 0 radical (unpaired) electrons. The maximum atomic E-state index is 8.65. The Bertz CT molecular complexity index is 345. The van der Waals surface area contributed by atoms with Crippen molar-refractivity contribution in [2.45, 2.75) is 25.7 Å². The van der Waals surface area contributed by atoms with E-state index in [2.05, 4.69) is 17.1 Å². The average molecular weight is 158 g/mol. The molecule has 1 aliphatic rings. The predicted molar refractivity (Wildman–Crippen MR) is 45.7 cm³/mol. The number of nitriles is 1. The second kappa shape index (κ2) is 2.60. The highest BCUT2D eigenvalue weighted by Crippen LogP contribution is 2.39. The van der Waals surface area contributed by atoms with Gasteiger partial charge in [-0.25, -0.2) is 4.98 Å². The van der Waals surface area contributed by atoms with Crippen LogP contribution in [0.2, 0.25) is 0 Å². The zero-order valence-corrected chi connectivity index (χ0v) is 7.04. The summed E-state index contributed by atoms with van der Waals surface area (Å²) in [5.74, 6) is 0.726. The summed E-state index contributed by atoms with van der Waals surface area (Å²) in [5, 5.41) is 8.65. The molecule has 2 rings (SSSR count). The smallest absolute Gasteiger partial charge is 0.143 e. The Hall–Kier alpha value is -1.36. The molecule has 1 aromatic heterocycles. The third kappa shape index (κ3) is 1.18. The number of nitrogens with zero attached hydrogens (tertiary/aromatic N) is 2. The third-order valence-electron chi connectivity index (χ3n) is 2.25. The number of pyridine rings is 1. The molecule has 1 fully saturated rings. The Morgan fingerprint density at radius 3 is 2.83 bits per heavy atom. The second-order valence-electron chi connectivity index (χ2n) is 3.32. The largest absolute Gasteiger partial charge is 0.245 e. The molecule has 0 bridgehead atoms. The van der Waals surface area contributed by atoms with Gasteiger partial charge in [0.1, 0.15) is 11.8 Å². The van der Waals surface area contributed by atoms with Gasteiger partial charge in [0.2, 0.25) is 0 Å². The minimum atomic E-state index is 0.555. The quantitative estimate of drug-likeness (QED) is 0.627. The Balaban J connectivity index is 2.38. The summed E-state index contributed by atoms with van der Waals surface area (Å²) in [6, 6.07) is 4.16. The molecule has 0 spiro atoms. The fourth-order valence-electron chi connectivity index (χ4n) is 1.35. The van der Waals surface area contributed by atoms with Crippen LogP contribution in [-0.2, 0) is 0 Å². The second-order valence-corrected chi connectivity index (χ2v) is 3.32. The van der Waals surface area contributed by atoms with Gasteiger partial charge >= 0.3 is 0 Å². The Kier molecular flexibility index (Phi) is 1.58. The van der Waals surface area contributed by atoms with E-state index in [0.717, 1.165) is 11.5 Å². The Labute approximate surface area is 71.9 Å². The summed E-state index contributed by atoms with van der Waals surface area (Å²) in [6.45, 7) is 1.94. The van der Waals surface area contributed by atoms with Crippen LogP contribution in [-0.4, -0.2) is 4.98 Å². The van der Waals surface area contributed by atoms with Crippen molar-refractivity contribution in [2.24, 2.45) is 0 Å². The van der Waals surface area contributed by atoms with Crippen molar-refractivity contribution in [2.75, 3.05) is 0 Å². The van der Waals surface area contributed by atoms with E-state index in [1.165, 1.54) is 18.4 Å². The number of aryl methyl sites for hydroxylation is 1. The van der Waals surface area contributed by atoms with E-state index in [1.807, 2.05) is 13.1 Å². The lowest BCUT2D eigenvalue weighted by atomic mass is 10.1. The number of hydrogen-bond acceptors (Lipinski definition) is 2. The van der Waals surface area contributed by atoms with Gasteiger partial charge in [0.15, 0.2) is 0 Å². The maximum absolute atomic E-state index is 8.65. The number of aromatic nitrogens is 1. The molecule has 2 nitrogen and oxygen atoms in total. The van der Waals surface area contributed by atoms with Crippen LogP contribution in [0.1, 0.15) is 35.6 Å². The zero-order valence-electron chi connectivity index (χ0n) is 7.04. The first-order chi connectivity index (χ1) is 5.81. The van der Waals surface area contributed by atoms with E-state index in [0.29, 0.717) is 5.69 Å². The zero-order chi connectivity index (χ0) is 8.55. The summed E-state index contributed by atoms with van der Waals surface area (Å²) >= 11 is 0. The Morgan fingerprint density at radius 2 is 2.33 bits per heavy atom. The molecule has 0 unspecified atom stereocenters. The summed E-state index contributed by atoms with van der Waals surface area (Å²) < 4.78 is 0. The van der Waals surface area contributed by atoms with Gasteiger partial charge in [0, 0.05) is 6.20 Å². The van der Waals surface area contributed by atoms with Crippen LogP contribution in [0.4, 0.5) is 0 Å². The fourth-order valence-corrected chi connectivity index (χ4v) is 1.35. The van der Waals surface area contributed by atoms with Crippen molar-refractivity contribution in [1.82, 2.24) is 4.98 Å². The summed E-state index contributed by atoms with van der Waals surface area (Å²) in [5.41, 5.74) is 2.85. The molecule has 60 valence electrons. The minimum absolute atomic E-state index is 0.555. The highest BCUT2D eigenvalue weighted by Gasteiger charge is 2.23. The van der Waals surface area contributed by atoms with E-state index in [-0.39, 0.29) is 0 Å². The van der Waals surface area contributed by atoms with Crippen molar-refractivity contribution in [3.63, 3.8) is 0 Å². The molecule has 1 heterocycles. The fraction of sp³-hybridized carbons (Fsp3) is 0.400. The van der Waals surface area contributed by atoms with Gasteiger partial charge in [-0.2, -0.15) is 5.26 Å². The number of hydrogen-bond donors (Lipinski definition) is 0. The van der Waals surface area contributed by atoms with E-state index < -0.39 is 0 Å². The molecule has 0 aromatic carbocycles. The van der Waals surface area contributed by atoms with Crippen molar-refractivity contribution in [3.05, 3.63) is 29.1 Å². The first kappa shape index (κ1) is 7.30. The average Bonchev–Trinajstić information content (AvgIpc) is 2.86. The monoisotopic (exact) mass is 158 g/mol. The van der Waals surface area contributed by atoms with Gasteiger partial charge in [-0.3, -0.25) is 0 Å². The third-order valence-corrected chi connectivity index (χ3v) is 2.25. The predicted octanol–water partition coefficient (Wildman–Crippen LogP) is 2.14. The van der Waals surface area contributed by atoms with E-state index in [4.69, 9.17) is 5.26 Å². The molecule has 0 amide bonds. The van der Waals surface area contributed by atoms with Crippen LogP contribution in [0, 0.1) is 18.3 Å². The van der Waals surface area contributed by atoms with Crippen molar-refractivity contribution < 1.29 is 0 Å². The van der Waals surface area contributed by atoms with Gasteiger partial charge in [-0.1, -0.05) is 6.07 Å². The lowest BCUT2D eigenvalue weighted by molar-refractivity contribution is 1.07. The van der Waals surface area contributed by atoms with Crippen LogP contribution in [0.25, 0.3) is 0 Å².